The van der Waals surface area contributed by atoms with Gasteiger partial charge in [-0.15, -0.1) is 0 Å². The lowest BCUT2D eigenvalue weighted by atomic mass is 10.3. The fraction of sp³-hybridized carbons (Fsp3) is 0.800. The van der Waals surface area contributed by atoms with Crippen molar-refractivity contribution in [1.82, 2.24) is 15.5 Å². The molecule has 0 aliphatic heterocycles. The lowest BCUT2D eigenvalue weighted by Gasteiger charge is -2.18. The largest absolute Gasteiger partial charge is 0.358 e. The summed E-state index contributed by atoms with van der Waals surface area (Å²) in [7, 11) is 1.59. The second kappa shape index (κ2) is 8.23. The van der Waals surface area contributed by atoms with Gasteiger partial charge in [-0.2, -0.15) is 0 Å². The molecular weight excluding hydrogens is 194 g/mol. The van der Waals surface area contributed by atoms with Crippen LogP contribution in [0.1, 0.15) is 20.3 Å². The Balaban J connectivity index is 3.58. The van der Waals surface area contributed by atoms with Crippen molar-refractivity contribution < 1.29 is 9.59 Å². The summed E-state index contributed by atoms with van der Waals surface area (Å²) in [4.78, 5) is 24.1. The van der Waals surface area contributed by atoms with Crippen LogP contribution in [-0.2, 0) is 9.59 Å². The minimum Gasteiger partial charge on any atom is -0.358 e. The Hall–Kier alpha value is -1.10. The molecule has 0 heterocycles. The molecule has 15 heavy (non-hydrogen) atoms. The van der Waals surface area contributed by atoms with E-state index in [-0.39, 0.29) is 18.4 Å². The maximum Gasteiger partial charge on any atom is 0.233 e. The van der Waals surface area contributed by atoms with E-state index in [0.717, 1.165) is 13.1 Å². The summed E-state index contributed by atoms with van der Waals surface area (Å²) in [5.74, 6) is 0.0645. The number of likely N-dealkylation sites (N-methyl/N-ethyl adjacent to an activating group) is 1. The van der Waals surface area contributed by atoms with E-state index in [2.05, 4.69) is 10.6 Å². The Kier molecular flexibility index (Phi) is 7.62. The van der Waals surface area contributed by atoms with Crippen LogP contribution in [0.5, 0.6) is 0 Å². The topological polar surface area (TPSA) is 61.4 Å². The average molecular weight is 215 g/mol. The van der Waals surface area contributed by atoms with Crippen LogP contribution < -0.4 is 10.6 Å². The standard InChI is InChI=1S/C10H21N3O2/c1-4-13(5-2)10(15)6-7-12-8-9(14)11-3/h12H,4-8H2,1-3H3,(H,11,14). The summed E-state index contributed by atoms with van der Waals surface area (Å²) in [6, 6.07) is 0. The molecule has 2 amide bonds. The molecule has 0 saturated carbocycles. The molecule has 0 aliphatic carbocycles. The van der Waals surface area contributed by atoms with Gasteiger partial charge in [0.05, 0.1) is 6.54 Å². The third-order valence-corrected chi connectivity index (χ3v) is 2.20. The van der Waals surface area contributed by atoms with Gasteiger partial charge in [-0.3, -0.25) is 9.59 Å². The van der Waals surface area contributed by atoms with Gasteiger partial charge in [0, 0.05) is 33.1 Å². The third kappa shape index (κ3) is 6.06. The highest BCUT2D eigenvalue weighted by Gasteiger charge is 2.08. The van der Waals surface area contributed by atoms with Gasteiger partial charge in [0.2, 0.25) is 11.8 Å². The van der Waals surface area contributed by atoms with Gasteiger partial charge in [0.15, 0.2) is 0 Å². The van der Waals surface area contributed by atoms with Gasteiger partial charge >= 0.3 is 0 Å². The van der Waals surface area contributed by atoms with Crippen molar-refractivity contribution in [2.45, 2.75) is 20.3 Å². The summed E-state index contributed by atoms with van der Waals surface area (Å²) >= 11 is 0. The molecule has 0 fully saturated rings. The van der Waals surface area contributed by atoms with Crippen molar-refractivity contribution in [3.63, 3.8) is 0 Å². The highest BCUT2D eigenvalue weighted by Crippen LogP contribution is 1.92. The molecule has 0 aromatic heterocycles. The molecular formula is C10H21N3O2. The van der Waals surface area contributed by atoms with Crippen molar-refractivity contribution >= 4 is 11.8 Å². The number of nitrogens with zero attached hydrogens (tertiary/aromatic N) is 1. The Morgan fingerprint density at radius 3 is 2.27 bits per heavy atom. The Bertz CT molecular complexity index is 203. The molecule has 0 rings (SSSR count). The zero-order valence-corrected chi connectivity index (χ0v) is 9.80. The van der Waals surface area contributed by atoms with Gasteiger partial charge in [-0.05, 0) is 13.8 Å². The fourth-order valence-corrected chi connectivity index (χ4v) is 1.22. The first-order chi connectivity index (χ1) is 7.15. The van der Waals surface area contributed by atoms with Gasteiger partial charge in [0.25, 0.3) is 0 Å². The zero-order valence-electron chi connectivity index (χ0n) is 9.80. The summed E-state index contributed by atoms with van der Waals surface area (Å²) in [6.45, 7) is 6.21. The average Bonchev–Trinajstić information content (AvgIpc) is 2.25. The third-order valence-electron chi connectivity index (χ3n) is 2.20. The van der Waals surface area contributed by atoms with Crippen LogP contribution in [0.3, 0.4) is 0 Å². The van der Waals surface area contributed by atoms with Crippen LogP contribution in [-0.4, -0.2) is 49.9 Å². The van der Waals surface area contributed by atoms with Crippen LogP contribution in [0, 0.1) is 0 Å². The predicted octanol–water partition coefficient (Wildman–Crippen LogP) is -0.419. The molecule has 0 spiro atoms. The molecule has 0 bridgehead atoms. The van der Waals surface area contributed by atoms with Crippen molar-refractivity contribution in [3.8, 4) is 0 Å². The van der Waals surface area contributed by atoms with E-state index in [1.165, 1.54) is 0 Å². The number of hydrogen-bond donors (Lipinski definition) is 2. The quantitative estimate of drug-likeness (QED) is 0.567. The second-order valence-electron chi connectivity index (χ2n) is 3.17. The SMILES string of the molecule is CCN(CC)C(=O)CCNCC(=O)NC. The monoisotopic (exact) mass is 215 g/mol. The Labute approximate surface area is 91.2 Å². The molecule has 2 N–H and O–H groups in total. The van der Waals surface area contributed by atoms with Gasteiger partial charge in [-0.25, -0.2) is 0 Å². The lowest BCUT2D eigenvalue weighted by molar-refractivity contribution is -0.130. The Morgan fingerprint density at radius 2 is 1.80 bits per heavy atom. The maximum atomic E-state index is 11.5. The lowest BCUT2D eigenvalue weighted by Crippen LogP contribution is -2.36. The highest BCUT2D eigenvalue weighted by molar-refractivity contribution is 5.78. The summed E-state index contributed by atoms with van der Waals surface area (Å²) in [5.41, 5.74) is 0. The molecule has 5 nitrogen and oxygen atoms in total. The van der Waals surface area contributed by atoms with Gasteiger partial charge < -0.3 is 15.5 Å². The first-order valence-electron chi connectivity index (χ1n) is 5.34. The molecule has 88 valence electrons. The van der Waals surface area contributed by atoms with E-state index in [9.17, 15) is 9.59 Å². The number of amides is 2. The van der Waals surface area contributed by atoms with Crippen LogP contribution >= 0.6 is 0 Å². The van der Waals surface area contributed by atoms with Crippen molar-refractivity contribution in [1.29, 1.82) is 0 Å². The van der Waals surface area contributed by atoms with Crippen LogP contribution in [0.4, 0.5) is 0 Å². The molecule has 0 radical (unpaired) electrons. The minimum absolute atomic E-state index is 0.0645. The van der Waals surface area contributed by atoms with E-state index in [1.807, 2.05) is 13.8 Å². The molecule has 0 aromatic rings. The number of carbonyl (C=O) groups is 2. The summed E-state index contributed by atoms with van der Waals surface area (Å²) in [6.07, 6.45) is 0.443. The first-order valence-corrected chi connectivity index (χ1v) is 5.34. The second-order valence-corrected chi connectivity index (χ2v) is 3.17. The molecule has 0 saturated heterocycles. The van der Waals surface area contributed by atoms with Gasteiger partial charge in [-0.1, -0.05) is 0 Å². The van der Waals surface area contributed by atoms with Crippen molar-refractivity contribution in [2.24, 2.45) is 0 Å². The molecule has 0 atom stereocenters. The fourth-order valence-electron chi connectivity index (χ4n) is 1.22. The normalized spacial score (nSPS) is 9.80. The van der Waals surface area contributed by atoms with Crippen LogP contribution in [0.25, 0.3) is 0 Å². The van der Waals surface area contributed by atoms with Crippen LogP contribution in [0.15, 0.2) is 0 Å². The minimum atomic E-state index is -0.0645. The predicted molar refractivity (Wildman–Crippen MR) is 59.5 cm³/mol. The number of rotatable bonds is 7. The van der Waals surface area contributed by atoms with E-state index in [1.54, 1.807) is 11.9 Å². The molecule has 0 aromatic carbocycles. The van der Waals surface area contributed by atoms with E-state index in [0.29, 0.717) is 13.0 Å². The smallest absolute Gasteiger partial charge is 0.233 e. The maximum absolute atomic E-state index is 11.5. The van der Waals surface area contributed by atoms with E-state index < -0.39 is 0 Å². The first kappa shape index (κ1) is 13.9. The van der Waals surface area contributed by atoms with E-state index >= 15 is 0 Å². The van der Waals surface area contributed by atoms with Crippen LogP contribution in [0.2, 0.25) is 0 Å². The van der Waals surface area contributed by atoms with Crippen molar-refractivity contribution in [2.75, 3.05) is 33.2 Å². The number of nitrogens with one attached hydrogen (secondary N) is 2. The van der Waals surface area contributed by atoms with Gasteiger partial charge in [0.1, 0.15) is 0 Å². The summed E-state index contributed by atoms with van der Waals surface area (Å²) < 4.78 is 0. The molecule has 0 aliphatic rings. The highest BCUT2D eigenvalue weighted by atomic mass is 16.2. The number of carbonyl (C=O) groups excluding carboxylic acids is 2. The number of hydrogen-bond acceptors (Lipinski definition) is 3. The zero-order chi connectivity index (χ0) is 11.7. The molecule has 5 heteroatoms. The van der Waals surface area contributed by atoms with E-state index in [4.69, 9.17) is 0 Å². The van der Waals surface area contributed by atoms with Crippen molar-refractivity contribution in [3.05, 3.63) is 0 Å². The molecule has 0 unspecified atom stereocenters. The summed E-state index contributed by atoms with van der Waals surface area (Å²) in [5, 5.41) is 5.41. The Morgan fingerprint density at radius 1 is 1.20 bits per heavy atom.